The number of aryl methyl sites for hydroxylation is 1. The first kappa shape index (κ1) is 17.6. The van der Waals surface area contributed by atoms with E-state index in [4.69, 9.17) is 16.6 Å². The van der Waals surface area contributed by atoms with Gasteiger partial charge in [-0.05, 0) is 70.5 Å². The minimum Gasteiger partial charge on any atom is -0.450 e. The Balaban J connectivity index is 1.93. The third kappa shape index (κ3) is 3.72. The van der Waals surface area contributed by atoms with Crippen LogP contribution in [0.2, 0.25) is 0 Å². The largest absolute Gasteiger partial charge is 0.450 e. The monoisotopic (exact) mass is 418 g/mol. The molecule has 3 rings (SSSR count). The van der Waals surface area contributed by atoms with Crippen molar-refractivity contribution in [3.63, 3.8) is 0 Å². The van der Waals surface area contributed by atoms with Gasteiger partial charge in [0.2, 0.25) is 0 Å². The van der Waals surface area contributed by atoms with Crippen LogP contribution in [0.25, 0.3) is 6.08 Å². The zero-order valence-corrected chi connectivity index (χ0v) is 15.8. The smallest absolute Gasteiger partial charge is 0.270 e. The molecule has 0 bridgehead atoms. The van der Waals surface area contributed by atoms with Crippen molar-refractivity contribution >= 4 is 56.8 Å². The molecule has 1 aliphatic rings. The van der Waals surface area contributed by atoms with E-state index in [9.17, 15) is 9.59 Å². The molecule has 7 heteroatoms. The molecule has 1 fully saturated rings. The Labute approximate surface area is 158 Å². The van der Waals surface area contributed by atoms with Crippen LogP contribution < -0.4 is 10.2 Å². The van der Waals surface area contributed by atoms with Crippen LogP contribution in [-0.4, -0.2) is 16.9 Å². The number of thiocarbonyl (C=S) groups is 1. The molecule has 2 amide bonds. The number of carbonyl (C=O) groups is 2. The van der Waals surface area contributed by atoms with Crippen molar-refractivity contribution in [2.24, 2.45) is 0 Å². The van der Waals surface area contributed by atoms with Crippen LogP contribution >= 0.6 is 28.1 Å². The highest BCUT2D eigenvalue weighted by Crippen LogP contribution is 2.24. The number of halogens is 1. The second-order valence-electron chi connectivity index (χ2n) is 5.52. The number of hydrogen-bond acceptors (Lipinski definition) is 4. The Hall–Kier alpha value is -2.25. The van der Waals surface area contributed by atoms with Crippen LogP contribution in [-0.2, 0) is 16.0 Å². The highest BCUT2D eigenvalue weighted by Gasteiger charge is 2.34. The molecule has 1 aromatic carbocycles. The molecular weight excluding hydrogens is 404 g/mol. The summed E-state index contributed by atoms with van der Waals surface area (Å²) in [6, 6.07) is 10.9. The SMILES string of the molecule is CCCc1ccc(N2C(=O)C(=Cc3ccc(Br)o3)C(=O)NC2=S)cc1. The number of nitrogens with one attached hydrogen (secondary N) is 1. The number of amides is 2. The van der Waals surface area contributed by atoms with Crippen molar-refractivity contribution < 1.29 is 14.0 Å². The maximum Gasteiger partial charge on any atom is 0.270 e. The van der Waals surface area contributed by atoms with Crippen LogP contribution in [0.1, 0.15) is 24.7 Å². The first-order valence-corrected chi connectivity index (χ1v) is 8.95. The zero-order valence-electron chi connectivity index (χ0n) is 13.4. The van der Waals surface area contributed by atoms with E-state index in [0.717, 1.165) is 12.8 Å². The van der Waals surface area contributed by atoms with Crippen molar-refractivity contribution in [2.45, 2.75) is 19.8 Å². The summed E-state index contributed by atoms with van der Waals surface area (Å²) >= 11 is 8.38. The summed E-state index contributed by atoms with van der Waals surface area (Å²) in [5, 5.41) is 2.62. The topological polar surface area (TPSA) is 62.6 Å². The Kier molecular flexibility index (Phi) is 5.15. The molecule has 0 atom stereocenters. The number of nitrogens with zero attached hydrogens (tertiary/aromatic N) is 1. The third-order valence-corrected chi connectivity index (χ3v) is 4.43. The standard InChI is InChI=1S/C18H15BrN2O3S/c1-2-3-11-4-6-12(7-5-11)21-17(23)14(16(22)20-18(21)25)10-13-8-9-15(19)24-13/h4-10H,2-3H2,1H3,(H,20,22,25). The molecule has 0 unspecified atom stereocenters. The van der Waals surface area contributed by atoms with Gasteiger partial charge in [-0.25, -0.2) is 0 Å². The van der Waals surface area contributed by atoms with Crippen LogP contribution in [0, 0.1) is 0 Å². The molecule has 0 aliphatic carbocycles. The Morgan fingerprint density at radius 1 is 1.20 bits per heavy atom. The van der Waals surface area contributed by atoms with Crippen molar-refractivity contribution in [2.75, 3.05) is 4.90 Å². The van der Waals surface area contributed by atoms with Crippen LogP contribution in [0.4, 0.5) is 5.69 Å². The summed E-state index contributed by atoms with van der Waals surface area (Å²) in [6.45, 7) is 2.11. The van der Waals surface area contributed by atoms with Gasteiger partial charge in [0.05, 0.1) is 5.69 Å². The number of hydrogen-bond donors (Lipinski definition) is 1. The van der Waals surface area contributed by atoms with Gasteiger partial charge >= 0.3 is 0 Å². The predicted molar refractivity (Wildman–Crippen MR) is 103 cm³/mol. The van der Waals surface area contributed by atoms with E-state index in [-0.39, 0.29) is 10.7 Å². The Morgan fingerprint density at radius 2 is 1.92 bits per heavy atom. The second-order valence-corrected chi connectivity index (χ2v) is 6.68. The fourth-order valence-electron chi connectivity index (χ4n) is 2.54. The van der Waals surface area contributed by atoms with Gasteiger partial charge in [0, 0.05) is 0 Å². The molecule has 1 aliphatic heterocycles. The van der Waals surface area contributed by atoms with Gasteiger partial charge in [-0.15, -0.1) is 0 Å². The molecule has 0 saturated carbocycles. The Morgan fingerprint density at radius 3 is 2.52 bits per heavy atom. The molecule has 1 saturated heterocycles. The van der Waals surface area contributed by atoms with E-state index in [1.165, 1.54) is 16.5 Å². The molecule has 1 N–H and O–H groups in total. The third-order valence-electron chi connectivity index (χ3n) is 3.72. The van der Waals surface area contributed by atoms with E-state index >= 15 is 0 Å². The second kappa shape index (κ2) is 7.33. The summed E-state index contributed by atoms with van der Waals surface area (Å²) in [5.74, 6) is -0.623. The van der Waals surface area contributed by atoms with E-state index < -0.39 is 11.8 Å². The maximum absolute atomic E-state index is 12.8. The lowest BCUT2D eigenvalue weighted by Gasteiger charge is -2.28. The first-order chi connectivity index (χ1) is 12.0. The van der Waals surface area contributed by atoms with Gasteiger partial charge in [0.25, 0.3) is 11.8 Å². The van der Waals surface area contributed by atoms with Crippen molar-refractivity contribution in [3.05, 3.63) is 58.0 Å². The number of anilines is 1. The molecule has 0 spiro atoms. The average Bonchev–Trinajstić information content (AvgIpc) is 2.98. The summed E-state index contributed by atoms with van der Waals surface area (Å²) in [5.41, 5.74) is 1.76. The number of carbonyl (C=O) groups excluding carboxylic acids is 2. The highest BCUT2D eigenvalue weighted by molar-refractivity contribution is 9.10. The fraction of sp³-hybridized carbons (Fsp3) is 0.167. The van der Waals surface area contributed by atoms with Crippen LogP contribution in [0.3, 0.4) is 0 Å². The van der Waals surface area contributed by atoms with Crippen LogP contribution in [0.5, 0.6) is 0 Å². The summed E-state index contributed by atoms with van der Waals surface area (Å²) in [6.07, 6.45) is 3.42. The molecule has 2 heterocycles. The quantitative estimate of drug-likeness (QED) is 0.465. The van der Waals surface area contributed by atoms with Crippen molar-refractivity contribution in [1.82, 2.24) is 5.32 Å². The number of rotatable bonds is 4. The van der Waals surface area contributed by atoms with Crippen molar-refractivity contribution in [3.8, 4) is 0 Å². The molecule has 25 heavy (non-hydrogen) atoms. The fourth-order valence-corrected chi connectivity index (χ4v) is 3.14. The molecule has 2 aromatic rings. The number of benzene rings is 1. The molecule has 128 valence electrons. The first-order valence-electron chi connectivity index (χ1n) is 7.75. The van der Waals surface area contributed by atoms with Gasteiger partial charge < -0.3 is 4.42 Å². The Bertz CT molecular complexity index is 871. The lowest BCUT2D eigenvalue weighted by molar-refractivity contribution is -0.122. The van der Waals surface area contributed by atoms with E-state index in [1.54, 1.807) is 12.1 Å². The molecule has 5 nitrogen and oxygen atoms in total. The minimum atomic E-state index is -0.540. The van der Waals surface area contributed by atoms with Crippen LogP contribution in [0.15, 0.2) is 51.1 Å². The predicted octanol–water partition coefficient (Wildman–Crippen LogP) is 3.83. The van der Waals surface area contributed by atoms with Gasteiger partial charge in [-0.3, -0.25) is 19.8 Å². The summed E-state index contributed by atoms with van der Waals surface area (Å²) in [7, 11) is 0. The van der Waals surface area contributed by atoms with Gasteiger partial charge in [0.1, 0.15) is 11.3 Å². The maximum atomic E-state index is 12.8. The average molecular weight is 419 g/mol. The lowest BCUT2D eigenvalue weighted by Crippen LogP contribution is -2.54. The normalized spacial score (nSPS) is 16.5. The molecular formula is C18H15BrN2O3S. The van der Waals surface area contributed by atoms with Gasteiger partial charge in [-0.2, -0.15) is 0 Å². The summed E-state index contributed by atoms with van der Waals surface area (Å²) in [4.78, 5) is 26.3. The summed E-state index contributed by atoms with van der Waals surface area (Å²) < 4.78 is 5.87. The van der Waals surface area contributed by atoms with E-state index in [2.05, 4.69) is 28.2 Å². The number of furan rings is 1. The van der Waals surface area contributed by atoms with E-state index in [1.807, 2.05) is 24.3 Å². The minimum absolute atomic E-state index is 0.0342. The van der Waals surface area contributed by atoms with Gasteiger partial charge in [0.15, 0.2) is 9.78 Å². The highest BCUT2D eigenvalue weighted by atomic mass is 79.9. The van der Waals surface area contributed by atoms with Gasteiger partial charge in [-0.1, -0.05) is 25.5 Å². The molecule has 1 aromatic heterocycles. The molecule has 0 radical (unpaired) electrons. The lowest BCUT2D eigenvalue weighted by atomic mass is 10.1. The van der Waals surface area contributed by atoms with Crippen molar-refractivity contribution in [1.29, 1.82) is 0 Å². The zero-order chi connectivity index (χ0) is 18.0. The van der Waals surface area contributed by atoms with E-state index in [0.29, 0.717) is 16.1 Å².